The first-order valence-electron chi connectivity index (χ1n) is 6.56. The SMILES string of the molecule is NNC(Cc1c(F)cccc1Cl)c1cc2ccccc2s1. The molecular formula is C16H14ClFN2S. The van der Waals surface area contributed by atoms with Gasteiger partial charge in [-0.15, -0.1) is 11.3 Å². The highest BCUT2D eigenvalue weighted by Gasteiger charge is 2.17. The first-order valence-corrected chi connectivity index (χ1v) is 7.76. The highest BCUT2D eigenvalue weighted by molar-refractivity contribution is 7.19. The number of hydrazine groups is 1. The third kappa shape index (κ3) is 2.94. The Hall–Kier alpha value is -1.46. The molecular weight excluding hydrogens is 307 g/mol. The molecule has 3 N–H and O–H groups in total. The molecule has 1 heterocycles. The van der Waals surface area contributed by atoms with Gasteiger partial charge >= 0.3 is 0 Å². The summed E-state index contributed by atoms with van der Waals surface area (Å²) in [6, 6.07) is 14.7. The minimum atomic E-state index is -0.302. The molecule has 1 unspecified atom stereocenters. The van der Waals surface area contributed by atoms with Crippen molar-refractivity contribution in [2.24, 2.45) is 5.84 Å². The van der Waals surface area contributed by atoms with Crippen LogP contribution in [-0.2, 0) is 6.42 Å². The monoisotopic (exact) mass is 320 g/mol. The Balaban J connectivity index is 1.95. The molecule has 1 atom stereocenters. The fourth-order valence-electron chi connectivity index (χ4n) is 2.35. The molecule has 0 radical (unpaired) electrons. The molecule has 0 aliphatic heterocycles. The van der Waals surface area contributed by atoms with Gasteiger partial charge in [0.25, 0.3) is 0 Å². The summed E-state index contributed by atoms with van der Waals surface area (Å²) >= 11 is 7.74. The third-order valence-electron chi connectivity index (χ3n) is 3.46. The van der Waals surface area contributed by atoms with Crippen LogP contribution in [0.15, 0.2) is 48.5 Å². The van der Waals surface area contributed by atoms with E-state index in [0.29, 0.717) is 17.0 Å². The highest BCUT2D eigenvalue weighted by Crippen LogP contribution is 2.32. The van der Waals surface area contributed by atoms with E-state index in [2.05, 4.69) is 23.6 Å². The van der Waals surface area contributed by atoms with Gasteiger partial charge in [0.2, 0.25) is 0 Å². The van der Waals surface area contributed by atoms with Crippen molar-refractivity contribution in [2.75, 3.05) is 0 Å². The summed E-state index contributed by atoms with van der Waals surface area (Å²) in [6.45, 7) is 0. The molecule has 3 aromatic rings. The van der Waals surface area contributed by atoms with Crippen LogP contribution in [0.1, 0.15) is 16.5 Å². The fourth-order valence-corrected chi connectivity index (χ4v) is 3.71. The van der Waals surface area contributed by atoms with Gasteiger partial charge in [-0.05, 0) is 36.1 Å². The third-order valence-corrected chi connectivity index (χ3v) is 5.04. The molecule has 0 bridgehead atoms. The second-order valence-corrected chi connectivity index (χ2v) is 6.33. The van der Waals surface area contributed by atoms with E-state index in [1.54, 1.807) is 23.5 Å². The number of thiophene rings is 1. The van der Waals surface area contributed by atoms with Gasteiger partial charge < -0.3 is 0 Å². The van der Waals surface area contributed by atoms with Gasteiger partial charge in [0, 0.05) is 20.2 Å². The molecule has 2 aromatic carbocycles. The van der Waals surface area contributed by atoms with Crippen LogP contribution in [-0.4, -0.2) is 0 Å². The molecule has 1 aromatic heterocycles. The molecule has 0 amide bonds. The summed E-state index contributed by atoms with van der Waals surface area (Å²) in [6.07, 6.45) is 0.412. The molecule has 0 aliphatic carbocycles. The van der Waals surface area contributed by atoms with E-state index in [1.807, 2.05) is 12.1 Å². The maximum Gasteiger partial charge on any atom is 0.127 e. The molecule has 2 nitrogen and oxygen atoms in total. The molecule has 0 saturated heterocycles. The van der Waals surface area contributed by atoms with E-state index in [1.165, 1.54) is 10.8 Å². The van der Waals surface area contributed by atoms with Gasteiger partial charge in [0.15, 0.2) is 0 Å². The second kappa shape index (κ2) is 6.12. The number of nitrogens with one attached hydrogen (secondary N) is 1. The quantitative estimate of drug-likeness (QED) is 0.551. The number of hydrogen-bond acceptors (Lipinski definition) is 3. The Morgan fingerprint density at radius 2 is 2.00 bits per heavy atom. The Morgan fingerprint density at radius 3 is 2.71 bits per heavy atom. The number of rotatable bonds is 4. The highest BCUT2D eigenvalue weighted by atomic mass is 35.5. The summed E-state index contributed by atoms with van der Waals surface area (Å²) in [7, 11) is 0. The molecule has 0 fully saturated rings. The van der Waals surface area contributed by atoms with Crippen LogP contribution in [0.2, 0.25) is 5.02 Å². The zero-order valence-electron chi connectivity index (χ0n) is 11.1. The van der Waals surface area contributed by atoms with Gasteiger partial charge in [-0.2, -0.15) is 0 Å². The van der Waals surface area contributed by atoms with E-state index in [-0.39, 0.29) is 11.9 Å². The molecule has 3 rings (SSSR count). The van der Waals surface area contributed by atoms with Gasteiger partial charge in [0.1, 0.15) is 5.82 Å². The van der Waals surface area contributed by atoms with Crippen molar-refractivity contribution in [3.05, 3.63) is 69.8 Å². The Bertz CT molecular complexity index is 719. The van der Waals surface area contributed by atoms with Crippen LogP contribution in [0, 0.1) is 5.82 Å². The predicted octanol–water partition coefficient (Wildman–Crippen LogP) is 4.44. The Labute approximate surface area is 131 Å². The molecule has 0 spiro atoms. The molecule has 0 saturated carbocycles. The average Bonchev–Trinajstić information content (AvgIpc) is 2.90. The van der Waals surface area contributed by atoms with Crippen molar-refractivity contribution >= 4 is 33.0 Å². The van der Waals surface area contributed by atoms with E-state index < -0.39 is 0 Å². The van der Waals surface area contributed by atoms with Gasteiger partial charge in [-0.25, -0.2) is 4.39 Å². The van der Waals surface area contributed by atoms with Gasteiger partial charge in [-0.1, -0.05) is 35.9 Å². The number of benzene rings is 2. The summed E-state index contributed by atoms with van der Waals surface area (Å²) in [5, 5.41) is 1.59. The normalized spacial score (nSPS) is 12.7. The lowest BCUT2D eigenvalue weighted by atomic mass is 10.0. The van der Waals surface area contributed by atoms with Crippen LogP contribution < -0.4 is 11.3 Å². The Morgan fingerprint density at radius 1 is 1.19 bits per heavy atom. The molecule has 5 heteroatoms. The largest absolute Gasteiger partial charge is 0.271 e. The van der Waals surface area contributed by atoms with Gasteiger partial charge in [-0.3, -0.25) is 11.3 Å². The lowest BCUT2D eigenvalue weighted by Gasteiger charge is -2.15. The summed E-state index contributed by atoms with van der Waals surface area (Å²) < 4.78 is 15.1. The fraction of sp³-hybridized carbons (Fsp3) is 0.125. The van der Waals surface area contributed by atoms with Crippen molar-refractivity contribution in [2.45, 2.75) is 12.5 Å². The minimum absolute atomic E-state index is 0.170. The molecule has 21 heavy (non-hydrogen) atoms. The van der Waals surface area contributed by atoms with Crippen molar-refractivity contribution < 1.29 is 4.39 Å². The standard InChI is InChI=1S/C16H14ClFN2S/c17-12-5-3-6-13(18)11(12)9-14(20-19)16-8-10-4-1-2-7-15(10)21-16/h1-8,14,20H,9,19H2. The summed E-state index contributed by atoms with van der Waals surface area (Å²) in [4.78, 5) is 1.07. The molecule has 108 valence electrons. The zero-order chi connectivity index (χ0) is 14.8. The van der Waals surface area contributed by atoms with E-state index >= 15 is 0 Å². The number of nitrogens with two attached hydrogens (primary N) is 1. The minimum Gasteiger partial charge on any atom is -0.271 e. The van der Waals surface area contributed by atoms with E-state index in [0.717, 1.165) is 10.3 Å². The van der Waals surface area contributed by atoms with Gasteiger partial charge in [0.05, 0.1) is 6.04 Å². The number of halogens is 2. The van der Waals surface area contributed by atoms with E-state index in [9.17, 15) is 4.39 Å². The van der Waals surface area contributed by atoms with Crippen LogP contribution in [0.5, 0.6) is 0 Å². The topological polar surface area (TPSA) is 38.0 Å². The van der Waals surface area contributed by atoms with E-state index in [4.69, 9.17) is 17.4 Å². The van der Waals surface area contributed by atoms with Crippen LogP contribution in [0.3, 0.4) is 0 Å². The van der Waals surface area contributed by atoms with Crippen molar-refractivity contribution in [1.82, 2.24) is 5.43 Å². The smallest absolute Gasteiger partial charge is 0.127 e. The lowest BCUT2D eigenvalue weighted by Crippen LogP contribution is -2.29. The summed E-state index contributed by atoms with van der Waals surface area (Å²) in [5.41, 5.74) is 3.25. The number of fused-ring (bicyclic) bond motifs is 1. The predicted molar refractivity (Wildman–Crippen MR) is 87.0 cm³/mol. The maximum absolute atomic E-state index is 13.9. The van der Waals surface area contributed by atoms with Crippen molar-refractivity contribution in [3.63, 3.8) is 0 Å². The van der Waals surface area contributed by atoms with Crippen molar-refractivity contribution in [3.8, 4) is 0 Å². The lowest BCUT2D eigenvalue weighted by molar-refractivity contribution is 0.536. The Kier molecular flexibility index (Phi) is 4.22. The zero-order valence-corrected chi connectivity index (χ0v) is 12.7. The summed E-state index contributed by atoms with van der Waals surface area (Å²) in [5.74, 6) is 5.36. The van der Waals surface area contributed by atoms with Crippen LogP contribution in [0.4, 0.5) is 4.39 Å². The molecule has 0 aliphatic rings. The van der Waals surface area contributed by atoms with Crippen LogP contribution >= 0.6 is 22.9 Å². The van der Waals surface area contributed by atoms with Crippen molar-refractivity contribution in [1.29, 1.82) is 0 Å². The first kappa shape index (κ1) is 14.5. The average molecular weight is 321 g/mol. The first-order chi connectivity index (χ1) is 10.2. The maximum atomic E-state index is 13.9. The number of hydrogen-bond donors (Lipinski definition) is 2. The second-order valence-electron chi connectivity index (χ2n) is 4.81. The van der Waals surface area contributed by atoms with Crippen LogP contribution in [0.25, 0.3) is 10.1 Å².